The quantitative estimate of drug-likeness (QED) is 0.754. The minimum Gasteiger partial charge on any atom is -0.462 e. The van der Waals surface area contributed by atoms with Gasteiger partial charge in [-0.1, -0.05) is 0 Å². The van der Waals surface area contributed by atoms with Crippen LogP contribution in [0, 0.1) is 0 Å². The van der Waals surface area contributed by atoms with E-state index in [1.54, 1.807) is 13.8 Å². The van der Waals surface area contributed by atoms with Gasteiger partial charge in [0.15, 0.2) is 0 Å². The molecule has 0 spiro atoms. The van der Waals surface area contributed by atoms with Crippen LogP contribution >= 0.6 is 0 Å². The maximum atomic E-state index is 12.7. The molecule has 0 N–H and O–H groups in total. The number of aromatic nitrogens is 1. The van der Waals surface area contributed by atoms with E-state index in [1.165, 1.54) is 6.20 Å². The summed E-state index contributed by atoms with van der Waals surface area (Å²) < 4.78 is 43.7. The lowest BCUT2D eigenvalue weighted by molar-refractivity contribution is -0.144. The fraction of sp³-hybridized carbons (Fsp3) is 0.500. The summed E-state index contributed by atoms with van der Waals surface area (Å²) in [5.41, 5.74) is -1.38. The van der Waals surface area contributed by atoms with Crippen molar-refractivity contribution in [2.45, 2.75) is 26.6 Å². The number of halogens is 3. The van der Waals surface area contributed by atoms with Crippen molar-refractivity contribution in [3.05, 3.63) is 23.5 Å². The first-order valence-electron chi connectivity index (χ1n) is 4.85. The summed E-state index contributed by atoms with van der Waals surface area (Å²) in [6, 6.07) is 1.13. The number of esters is 1. The molecule has 3 nitrogen and oxygen atoms in total. The molecule has 0 amide bonds. The molecule has 0 unspecified atom stereocenters. The van der Waals surface area contributed by atoms with E-state index in [2.05, 4.69) is 4.74 Å². The number of nitrogens with zero attached hydrogens (tertiary/aromatic N) is 1. The van der Waals surface area contributed by atoms with E-state index in [1.807, 2.05) is 0 Å². The highest BCUT2D eigenvalue weighted by molar-refractivity contribution is 5.91. The average Bonchev–Trinajstić information content (AvgIpc) is 2.60. The van der Waals surface area contributed by atoms with Crippen molar-refractivity contribution in [1.82, 2.24) is 4.57 Å². The Morgan fingerprint density at radius 2 is 2.06 bits per heavy atom. The zero-order valence-electron chi connectivity index (χ0n) is 8.97. The maximum Gasteiger partial charge on any atom is 0.432 e. The third-order valence-electron chi connectivity index (χ3n) is 2.07. The largest absolute Gasteiger partial charge is 0.462 e. The van der Waals surface area contributed by atoms with Gasteiger partial charge in [-0.05, 0) is 19.9 Å². The molecule has 0 atom stereocenters. The van der Waals surface area contributed by atoms with Crippen LogP contribution in [-0.2, 0) is 17.5 Å². The Kier molecular flexibility index (Phi) is 3.62. The summed E-state index contributed by atoms with van der Waals surface area (Å²) in [7, 11) is 0. The Labute approximate surface area is 90.8 Å². The predicted octanol–water partition coefficient (Wildman–Crippen LogP) is 2.70. The van der Waals surface area contributed by atoms with E-state index in [4.69, 9.17) is 0 Å². The molecule has 0 bridgehead atoms. The fourth-order valence-electron chi connectivity index (χ4n) is 1.43. The van der Waals surface area contributed by atoms with Crippen molar-refractivity contribution in [3.8, 4) is 0 Å². The van der Waals surface area contributed by atoms with Gasteiger partial charge in [-0.15, -0.1) is 0 Å². The molecular weight excluding hydrogens is 223 g/mol. The van der Waals surface area contributed by atoms with Crippen molar-refractivity contribution < 1.29 is 22.7 Å². The van der Waals surface area contributed by atoms with Gasteiger partial charge in [0.25, 0.3) is 0 Å². The van der Waals surface area contributed by atoms with E-state index >= 15 is 0 Å². The minimum absolute atomic E-state index is 0.0490. The maximum absolute atomic E-state index is 12.7. The second kappa shape index (κ2) is 4.59. The molecule has 0 aliphatic rings. The number of carbonyl (C=O) groups excluding carboxylic acids is 1. The molecule has 90 valence electrons. The molecule has 1 aromatic rings. The molecule has 1 rings (SSSR count). The van der Waals surface area contributed by atoms with Gasteiger partial charge in [-0.2, -0.15) is 13.2 Å². The zero-order chi connectivity index (χ0) is 12.3. The lowest BCUT2D eigenvalue weighted by atomic mass is 10.2. The Morgan fingerprint density at radius 1 is 1.44 bits per heavy atom. The number of rotatable bonds is 3. The molecule has 1 aromatic heterocycles. The lowest BCUT2D eigenvalue weighted by Gasteiger charge is -2.12. The SMILES string of the molecule is CCOC(=O)c1ccn(CC)c1C(F)(F)F. The first kappa shape index (κ1) is 12.6. The average molecular weight is 235 g/mol. The van der Waals surface area contributed by atoms with Gasteiger partial charge in [-0.3, -0.25) is 0 Å². The monoisotopic (exact) mass is 235 g/mol. The third kappa shape index (κ3) is 2.37. The zero-order valence-corrected chi connectivity index (χ0v) is 8.97. The van der Waals surface area contributed by atoms with Gasteiger partial charge in [-0.25, -0.2) is 4.79 Å². The fourth-order valence-corrected chi connectivity index (χ4v) is 1.43. The summed E-state index contributed by atoms with van der Waals surface area (Å²) in [5.74, 6) is -0.943. The molecule has 6 heteroatoms. The number of hydrogen-bond donors (Lipinski definition) is 0. The molecule has 0 aliphatic heterocycles. The topological polar surface area (TPSA) is 31.2 Å². The van der Waals surface area contributed by atoms with E-state index in [-0.39, 0.29) is 13.2 Å². The van der Waals surface area contributed by atoms with Crippen LogP contribution in [0.2, 0.25) is 0 Å². The molecule has 0 radical (unpaired) electrons. The van der Waals surface area contributed by atoms with E-state index in [0.717, 1.165) is 10.6 Å². The highest BCUT2D eigenvalue weighted by Crippen LogP contribution is 2.33. The van der Waals surface area contributed by atoms with Crippen molar-refractivity contribution >= 4 is 5.97 Å². The van der Waals surface area contributed by atoms with Crippen LogP contribution in [0.1, 0.15) is 29.9 Å². The molecule has 1 heterocycles. The first-order chi connectivity index (χ1) is 7.41. The van der Waals surface area contributed by atoms with E-state index in [9.17, 15) is 18.0 Å². The number of hydrogen-bond acceptors (Lipinski definition) is 2. The Balaban J connectivity index is 3.20. The van der Waals surface area contributed by atoms with Gasteiger partial charge >= 0.3 is 12.1 Å². The van der Waals surface area contributed by atoms with E-state index in [0.29, 0.717) is 0 Å². The van der Waals surface area contributed by atoms with Gasteiger partial charge in [0, 0.05) is 12.7 Å². The van der Waals surface area contributed by atoms with Crippen LogP contribution < -0.4 is 0 Å². The highest BCUT2D eigenvalue weighted by atomic mass is 19.4. The molecular formula is C10H12F3NO2. The summed E-state index contributed by atoms with van der Waals surface area (Å²) >= 11 is 0. The van der Waals surface area contributed by atoms with Crippen molar-refractivity contribution in [2.75, 3.05) is 6.61 Å². The van der Waals surface area contributed by atoms with Crippen LogP contribution in [0.25, 0.3) is 0 Å². The molecule has 0 saturated heterocycles. The predicted molar refractivity (Wildman–Crippen MR) is 51.1 cm³/mol. The summed E-state index contributed by atoms with van der Waals surface area (Å²) in [6.07, 6.45) is -3.32. The number of aryl methyl sites for hydroxylation is 1. The minimum atomic E-state index is -4.55. The van der Waals surface area contributed by atoms with Gasteiger partial charge in [0.05, 0.1) is 12.2 Å². The van der Waals surface area contributed by atoms with Crippen LogP contribution in [-0.4, -0.2) is 17.1 Å². The lowest BCUT2D eigenvalue weighted by Crippen LogP contribution is -2.18. The van der Waals surface area contributed by atoms with Gasteiger partial charge in [0.2, 0.25) is 0 Å². The van der Waals surface area contributed by atoms with Crippen LogP contribution in [0.4, 0.5) is 13.2 Å². The smallest absolute Gasteiger partial charge is 0.432 e. The summed E-state index contributed by atoms with van der Waals surface area (Å²) in [4.78, 5) is 11.3. The van der Waals surface area contributed by atoms with Gasteiger partial charge in [0.1, 0.15) is 5.69 Å². The number of carbonyl (C=O) groups is 1. The van der Waals surface area contributed by atoms with Crippen LogP contribution in [0.5, 0.6) is 0 Å². The van der Waals surface area contributed by atoms with Crippen molar-refractivity contribution in [1.29, 1.82) is 0 Å². The Morgan fingerprint density at radius 3 is 2.50 bits per heavy atom. The van der Waals surface area contributed by atoms with Crippen molar-refractivity contribution in [3.63, 3.8) is 0 Å². The molecule has 16 heavy (non-hydrogen) atoms. The Hall–Kier alpha value is -1.46. The number of alkyl halides is 3. The first-order valence-corrected chi connectivity index (χ1v) is 4.85. The summed E-state index contributed by atoms with van der Waals surface area (Å²) in [6.45, 7) is 3.31. The Bertz CT molecular complexity index is 382. The third-order valence-corrected chi connectivity index (χ3v) is 2.07. The molecule has 0 aromatic carbocycles. The summed E-state index contributed by atoms with van der Waals surface area (Å²) in [5, 5.41) is 0. The molecule has 0 saturated carbocycles. The second-order valence-electron chi connectivity index (χ2n) is 3.08. The normalized spacial score (nSPS) is 11.6. The van der Waals surface area contributed by atoms with Crippen LogP contribution in [0.3, 0.4) is 0 Å². The van der Waals surface area contributed by atoms with Gasteiger partial charge < -0.3 is 9.30 Å². The molecule has 0 fully saturated rings. The van der Waals surface area contributed by atoms with E-state index < -0.39 is 23.4 Å². The molecule has 0 aliphatic carbocycles. The standard InChI is InChI=1S/C10H12F3NO2/c1-3-14-6-5-7(9(15)16-4-2)8(14)10(11,12)13/h5-6H,3-4H2,1-2H3. The highest BCUT2D eigenvalue weighted by Gasteiger charge is 2.39. The van der Waals surface area contributed by atoms with Crippen LogP contribution in [0.15, 0.2) is 12.3 Å². The number of ether oxygens (including phenoxy) is 1. The second-order valence-corrected chi connectivity index (χ2v) is 3.08. The van der Waals surface area contributed by atoms with Crippen molar-refractivity contribution in [2.24, 2.45) is 0 Å².